The van der Waals surface area contributed by atoms with E-state index in [1.165, 1.54) is 4.90 Å². The number of pyridine rings is 1. The molecule has 2 aliphatic rings. The Morgan fingerprint density at radius 1 is 0.707 bits per heavy atom. The molecule has 2 aliphatic heterocycles. The zero-order valence-corrected chi connectivity index (χ0v) is 22.7. The SMILES string of the molecule is Cc1ccc(N2C(=O)C/C(=C(/c3ccccc3-c3ccccn3)C3CC(=O)N(c4ccc(C)cc4)C3=O)C2=O)cc1. The molecule has 41 heavy (non-hydrogen) atoms. The van der Waals surface area contributed by atoms with E-state index in [1.54, 1.807) is 30.5 Å². The minimum absolute atomic E-state index is 0.117. The first-order valence-electron chi connectivity index (χ1n) is 13.4. The van der Waals surface area contributed by atoms with E-state index >= 15 is 0 Å². The number of hydrogen-bond donors (Lipinski definition) is 0. The molecule has 0 bridgehead atoms. The highest BCUT2D eigenvalue weighted by Gasteiger charge is 2.46. The molecule has 6 rings (SSSR count). The van der Waals surface area contributed by atoms with Gasteiger partial charge in [0.15, 0.2) is 0 Å². The molecule has 1 atom stereocenters. The highest BCUT2D eigenvalue weighted by atomic mass is 16.2. The third kappa shape index (κ3) is 4.65. The maximum atomic E-state index is 14.0. The molecule has 0 saturated carbocycles. The molecule has 0 aliphatic carbocycles. The number of hydrogen-bond acceptors (Lipinski definition) is 5. The van der Waals surface area contributed by atoms with Crippen LogP contribution in [0.4, 0.5) is 11.4 Å². The van der Waals surface area contributed by atoms with Crippen LogP contribution in [-0.2, 0) is 19.2 Å². The molecular formula is C34H27N3O4. The minimum Gasteiger partial charge on any atom is -0.274 e. The van der Waals surface area contributed by atoms with Crippen LogP contribution in [-0.4, -0.2) is 28.6 Å². The number of carbonyl (C=O) groups is 4. The van der Waals surface area contributed by atoms with Crippen molar-refractivity contribution in [2.75, 3.05) is 9.80 Å². The molecule has 2 fully saturated rings. The smallest absolute Gasteiger partial charge is 0.261 e. The van der Waals surface area contributed by atoms with E-state index in [0.717, 1.165) is 16.0 Å². The Labute approximate surface area is 237 Å². The molecule has 0 N–H and O–H groups in total. The Bertz CT molecular complexity index is 1720. The third-order valence-corrected chi connectivity index (χ3v) is 7.60. The van der Waals surface area contributed by atoms with Crippen molar-refractivity contribution in [1.29, 1.82) is 0 Å². The van der Waals surface area contributed by atoms with Crippen LogP contribution in [0.3, 0.4) is 0 Å². The summed E-state index contributed by atoms with van der Waals surface area (Å²) in [5.41, 5.74) is 5.52. The van der Waals surface area contributed by atoms with Gasteiger partial charge in [-0.3, -0.25) is 29.1 Å². The van der Waals surface area contributed by atoms with Gasteiger partial charge in [-0.05, 0) is 61.4 Å². The largest absolute Gasteiger partial charge is 0.274 e. The van der Waals surface area contributed by atoms with Crippen molar-refractivity contribution in [3.05, 3.63) is 119 Å². The highest BCUT2D eigenvalue weighted by molar-refractivity contribution is 6.32. The van der Waals surface area contributed by atoms with E-state index < -0.39 is 17.7 Å². The Kier molecular flexibility index (Phi) is 6.63. The normalized spacial score (nSPS) is 18.4. The van der Waals surface area contributed by atoms with Crippen LogP contribution in [0.25, 0.3) is 16.8 Å². The second-order valence-electron chi connectivity index (χ2n) is 10.4. The topological polar surface area (TPSA) is 87.7 Å². The monoisotopic (exact) mass is 541 g/mol. The molecule has 3 heterocycles. The van der Waals surface area contributed by atoms with Gasteiger partial charge in [0.05, 0.1) is 29.4 Å². The van der Waals surface area contributed by atoms with Crippen LogP contribution < -0.4 is 9.80 Å². The first-order valence-corrected chi connectivity index (χ1v) is 13.4. The lowest BCUT2D eigenvalue weighted by atomic mass is 9.83. The van der Waals surface area contributed by atoms with Gasteiger partial charge in [-0.1, -0.05) is 65.7 Å². The van der Waals surface area contributed by atoms with Gasteiger partial charge in [0, 0.05) is 23.8 Å². The number of amides is 4. The molecule has 3 aromatic carbocycles. The summed E-state index contributed by atoms with van der Waals surface area (Å²) in [5.74, 6) is -2.60. The molecule has 2 saturated heterocycles. The van der Waals surface area contributed by atoms with E-state index in [1.807, 2.05) is 80.6 Å². The van der Waals surface area contributed by atoms with Crippen molar-refractivity contribution in [1.82, 2.24) is 4.98 Å². The molecule has 0 spiro atoms. The maximum absolute atomic E-state index is 14.0. The van der Waals surface area contributed by atoms with Crippen molar-refractivity contribution in [3.8, 4) is 11.3 Å². The molecule has 0 radical (unpaired) electrons. The maximum Gasteiger partial charge on any atom is 0.261 e. The lowest BCUT2D eigenvalue weighted by Gasteiger charge is -2.21. The van der Waals surface area contributed by atoms with Crippen LogP contribution in [0.15, 0.2) is 103 Å². The van der Waals surface area contributed by atoms with Gasteiger partial charge >= 0.3 is 0 Å². The lowest BCUT2D eigenvalue weighted by molar-refractivity contribution is -0.122. The van der Waals surface area contributed by atoms with Crippen molar-refractivity contribution in [2.24, 2.45) is 5.92 Å². The predicted octanol–water partition coefficient (Wildman–Crippen LogP) is 5.66. The number of aryl methyl sites for hydroxylation is 2. The zero-order chi connectivity index (χ0) is 28.7. The standard InChI is InChI=1S/C34H27N3O4/c1-21-10-14-23(15-11-21)36-30(38)19-27(33(36)40)32(26-8-4-3-7-25(26)29-9-5-6-18-35-29)28-20-31(39)37(34(28)41)24-16-12-22(2)13-17-24/h3-18,27H,19-20H2,1-2H3/b32-28+. The highest BCUT2D eigenvalue weighted by Crippen LogP contribution is 2.43. The Hall–Kier alpha value is -5.17. The predicted molar refractivity (Wildman–Crippen MR) is 157 cm³/mol. The fourth-order valence-electron chi connectivity index (χ4n) is 5.57. The van der Waals surface area contributed by atoms with Crippen LogP contribution in [0, 0.1) is 19.8 Å². The lowest BCUT2D eigenvalue weighted by Crippen LogP contribution is -2.31. The van der Waals surface area contributed by atoms with Crippen LogP contribution >= 0.6 is 0 Å². The second kappa shape index (κ2) is 10.4. The molecule has 7 nitrogen and oxygen atoms in total. The number of imide groups is 2. The molecule has 4 amide bonds. The van der Waals surface area contributed by atoms with Gasteiger partial charge in [0.25, 0.3) is 5.91 Å². The average molecular weight is 542 g/mol. The second-order valence-corrected chi connectivity index (χ2v) is 10.4. The van der Waals surface area contributed by atoms with Gasteiger partial charge in [0.2, 0.25) is 17.7 Å². The van der Waals surface area contributed by atoms with Crippen molar-refractivity contribution < 1.29 is 19.2 Å². The minimum atomic E-state index is -0.946. The fraction of sp³-hybridized carbons (Fsp3) is 0.147. The van der Waals surface area contributed by atoms with Crippen LogP contribution in [0.5, 0.6) is 0 Å². The molecule has 4 aromatic rings. The summed E-state index contributed by atoms with van der Waals surface area (Å²) < 4.78 is 0. The summed E-state index contributed by atoms with van der Waals surface area (Å²) in [5, 5.41) is 0. The summed E-state index contributed by atoms with van der Waals surface area (Å²) >= 11 is 0. The summed E-state index contributed by atoms with van der Waals surface area (Å²) in [6.07, 6.45) is 1.38. The van der Waals surface area contributed by atoms with Gasteiger partial charge in [0.1, 0.15) is 0 Å². The Morgan fingerprint density at radius 2 is 1.32 bits per heavy atom. The number of carbonyl (C=O) groups excluding carboxylic acids is 4. The van der Waals surface area contributed by atoms with Gasteiger partial charge in [-0.2, -0.15) is 0 Å². The van der Waals surface area contributed by atoms with Gasteiger partial charge in [-0.15, -0.1) is 0 Å². The molecule has 1 unspecified atom stereocenters. The summed E-state index contributed by atoms with van der Waals surface area (Å²) in [7, 11) is 0. The third-order valence-electron chi connectivity index (χ3n) is 7.60. The van der Waals surface area contributed by atoms with Crippen molar-refractivity contribution in [2.45, 2.75) is 26.7 Å². The van der Waals surface area contributed by atoms with Gasteiger partial charge in [-0.25, -0.2) is 4.90 Å². The van der Waals surface area contributed by atoms with Crippen LogP contribution in [0.2, 0.25) is 0 Å². The number of aromatic nitrogens is 1. The van der Waals surface area contributed by atoms with Crippen molar-refractivity contribution in [3.63, 3.8) is 0 Å². The average Bonchev–Trinajstić information content (AvgIpc) is 3.44. The number of anilines is 2. The van der Waals surface area contributed by atoms with E-state index in [0.29, 0.717) is 33.8 Å². The number of benzene rings is 3. The summed E-state index contributed by atoms with van der Waals surface area (Å²) in [4.78, 5) is 61.6. The van der Waals surface area contributed by atoms with Crippen molar-refractivity contribution >= 4 is 40.6 Å². The van der Waals surface area contributed by atoms with Crippen LogP contribution in [0.1, 0.15) is 29.5 Å². The van der Waals surface area contributed by atoms with E-state index in [9.17, 15) is 19.2 Å². The van der Waals surface area contributed by atoms with E-state index in [2.05, 4.69) is 4.98 Å². The van der Waals surface area contributed by atoms with E-state index in [4.69, 9.17) is 0 Å². The molecular weight excluding hydrogens is 514 g/mol. The summed E-state index contributed by atoms with van der Waals surface area (Å²) in [6.45, 7) is 3.86. The van der Waals surface area contributed by atoms with Gasteiger partial charge < -0.3 is 0 Å². The first-order chi connectivity index (χ1) is 19.8. The Morgan fingerprint density at radius 3 is 1.95 bits per heavy atom. The molecule has 7 heteroatoms. The molecule has 202 valence electrons. The first kappa shape index (κ1) is 26.1. The van der Waals surface area contributed by atoms with E-state index in [-0.39, 0.29) is 30.2 Å². The summed E-state index contributed by atoms with van der Waals surface area (Å²) in [6, 6.07) is 27.2. The number of nitrogens with zero attached hydrogens (tertiary/aromatic N) is 3. The molecule has 1 aromatic heterocycles. The Balaban J connectivity index is 1.53. The quantitative estimate of drug-likeness (QED) is 0.240. The fourth-order valence-corrected chi connectivity index (χ4v) is 5.57. The zero-order valence-electron chi connectivity index (χ0n) is 22.7. The number of rotatable bonds is 5.